The van der Waals surface area contributed by atoms with Crippen molar-refractivity contribution in [3.05, 3.63) is 0 Å². The highest BCUT2D eigenvalue weighted by molar-refractivity contribution is 7.52. The maximum atomic E-state index is 13.1. The number of nitrogens with zero attached hydrogens (tertiary/aromatic N) is 3. The second-order valence-electron chi connectivity index (χ2n) is 7.16. The maximum absolute atomic E-state index is 13.1. The molecule has 1 unspecified atom stereocenters. The molecule has 1 atom stereocenters. The van der Waals surface area contributed by atoms with Gasteiger partial charge in [-0.3, -0.25) is 9.05 Å². The summed E-state index contributed by atoms with van der Waals surface area (Å²) in [5.41, 5.74) is -0.572. The van der Waals surface area contributed by atoms with Crippen molar-refractivity contribution in [2.45, 2.75) is 65.4 Å². The summed E-state index contributed by atoms with van der Waals surface area (Å²) >= 11 is 0. The van der Waals surface area contributed by atoms with Crippen molar-refractivity contribution in [3.63, 3.8) is 0 Å². The number of guanidine groups is 1. The fraction of sp³-hybridized carbons (Fsp3) is 0.938. The molecule has 0 aromatic carbocycles. The van der Waals surface area contributed by atoms with Crippen molar-refractivity contribution in [3.8, 4) is 0 Å². The Bertz CT molecular complexity index is 423. The molecule has 1 aliphatic heterocycles. The van der Waals surface area contributed by atoms with Crippen LogP contribution >= 0.6 is 7.75 Å². The zero-order valence-corrected chi connectivity index (χ0v) is 16.6. The van der Waals surface area contributed by atoms with Crippen molar-refractivity contribution in [1.82, 2.24) is 9.80 Å². The molecule has 0 bridgehead atoms. The van der Waals surface area contributed by atoms with Crippen LogP contribution in [0.3, 0.4) is 0 Å². The molecule has 1 rings (SSSR count). The lowest BCUT2D eigenvalue weighted by Gasteiger charge is -2.26. The molecule has 0 aromatic heterocycles. The summed E-state index contributed by atoms with van der Waals surface area (Å²) in [4.78, 5) is 3.95. The maximum Gasteiger partial charge on any atom is 0.457 e. The summed E-state index contributed by atoms with van der Waals surface area (Å²) in [6, 6.07) is 0. The first kappa shape index (κ1) is 20.5. The molecule has 0 amide bonds. The SMILES string of the molecule is CCCCCCCOP(=O)(N=C1N(C)CCN1C)OC(C)(C)C. The van der Waals surface area contributed by atoms with Gasteiger partial charge in [-0.05, 0) is 27.2 Å². The van der Waals surface area contributed by atoms with Crippen LogP contribution in [0.25, 0.3) is 0 Å². The van der Waals surface area contributed by atoms with Crippen LogP contribution in [0, 0.1) is 0 Å². The Labute approximate surface area is 141 Å². The van der Waals surface area contributed by atoms with E-state index in [-0.39, 0.29) is 0 Å². The van der Waals surface area contributed by atoms with E-state index in [4.69, 9.17) is 9.05 Å². The van der Waals surface area contributed by atoms with Crippen molar-refractivity contribution in [2.75, 3.05) is 33.8 Å². The van der Waals surface area contributed by atoms with Gasteiger partial charge in [0.15, 0.2) is 0 Å². The van der Waals surface area contributed by atoms with Crippen LogP contribution in [0.1, 0.15) is 59.8 Å². The molecule has 136 valence electrons. The van der Waals surface area contributed by atoms with Gasteiger partial charge in [0.05, 0.1) is 12.2 Å². The van der Waals surface area contributed by atoms with Gasteiger partial charge >= 0.3 is 7.75 Å². The van der Waals surface area contributed by atoms with Crippen LogP contribution in [0.4, 0.5) is 0 Å². The summed E-state index contributed by atoms with van der Waals surface area (Å²) in [5.74, 6) is 0.670. The van der Waals surface area contributed by atoms with Gasteiger partial charge in [-0.15, -0.1) is 4.76 Å². The Kier molecular flexibility index (Phi) is 8.05. The zero-order chi connectivity index (χ0) is 17.5. The number of hydrogen-bond donors (Lipinski definition) is 0. The highest BCUT2D eigenvalue weighted by Crippen LogP contribution is 2.53. The van der Waals surface area contributed by atoms with Crippen LogP contribution in [0.2, 0.25) is 0 Å². The highest BCUT2D eigenvalue weighted by Gasteiger charge is 2.34. The molecule has 1 heterocycles. The van der Waals surface area contributed by atoms with E-state index in [1.54, 1.807) is 0 Å². The van der Waals surface area contributed by atoms with Crippen LogP contribution in [0.15, 0.2) is 4.76 Å². The van der Waals surface area contributed by atoms with Crippen molar-refractivity contribution in [2.24, 2.45) is 4.76 Å². The largest absolute Gasteiger partial charge is 0.457 e. The quantitative estimate of drug-likeness (QED) is 0.464. The Hall–Kier alpha value is -0.580. The third kappa shape index (κ3) is 7.69. The van der Waals surface area contributed by atoms with Crippen LogP contribution < -0.4 is 0 Å². The van der Waals surface area contributed by atoms with Gasteiger partial charge in [0, 0.05) is 27.2 Å². The zero-order valence-electron chi connectivity index (χ0n) is 15.7. The van der Waals surface area contributed by atoms with Gasteiger partial charge in [-0.25, -0.2) is 4.57 Å². The minimum atomic E-state index is -3.52. The number of unbranched alkanes of at least 4 members (excludes halogenated alkanes) is 4. The molecular weight excluding hydrogens is 313 g/mol. The average Bonchev–Trinajstić information content (AvgIpc) is 2.72. The Morgan fingerprint density at radius 1 is 1.09 bits per heavy atom. The molecule has 23 heavy (non-hydrogen) atoms. The molecule has 0 N–H and O–H groups in total. The average molecular weight is 347 g/mol. The fourth-order valence-corrected chi connectivity index (χ4v) is 4.09. The lowest BCUT2D eigenvalue weighted by atomic mass is 10.2. The Morgan fingerprint density at radius 2 is 1.65 bits per heavy atom. The van der Waals surface area contributed by atoms with Crippen LogP contribution in [-0.4, -0.2) is 55.2 Å². The van der Waals surface area contributed by atoms with Gasteiger partial charge in [-0.1, -0.05) is 32.6 Å². The first-order valence-electron chi connectivity index (χ1n) is 8.65. The van der Waals surface area contributed by atoms with Crippen LogP contribution in [-0.2, 0) is 13.6 Å². The lowest BCUT2D eigenvalue weighted by Crippen LogP contribution is -2.29. The number of likely N-dealkylation sites (N-methyl/N-ethyl adjacent to an activating group) is 2. The molecule has 0 saturated carbocycles. The topological polar surface area (TPSA) is 54.4 Å². The molecule has 1 saturated heterocycles. The minimum Gasteiger partial charge on any atom is -0.344 e. The van der Waals surface area contributed by atoms with Gasteiger partial charge < -0.3 is 9.80 Å². The van der Waals surface area contributed by atoms with Gasteiger partial charge in [-0.2, -0.15) is 0 Å². The van der Waals surface area contributed by atoms with E-state index in [0.29, 0.717) is 12.6 Å². The highest BCUT2D eigenvalue weighted by atomic mass is 31.2. The monoisotopic (exact) mass is 347 g/mol. The second-order valence-corrected chi connectivity index (χ2v) is 8.74. The number of hydrogen-bond acceptors (Lipinski definition) is 3. The molecule has 1 fully saturated rings. The third-order valence-corrected chi connectivity index (χ3v) is 5.27. The molecule has 6 nitrogen and oxygen atoms in total. The molecule has 0 radical (unpaired) electrons. The Balaban J connectivity index is 2.71. The lowest BCUT2D eigenvalue weighted by molar-refractivity contribution is 0.0938. The van der Waals surface area contributed by atoms with E-state index in [1.807, 2.05) is 44.7 Å². The summed E-state index contributed by atoms with van der Waals surface area (Å²) in [5, 5.41) is 0. The summed E-state index contributed by atoms with van der Waals surface area (Å²) in [7, 11) is 0.362. The molecule has 0 spiro atoms. The Morgan fingerprint density at radius 3 is 2.17 bits per heavy atom. The summed E-state index contributed by atoms with van der Waals surface area (Å²) in [6.45, 7) is 9.93. The minimum absolute atomic E-state index is 0.418. The summed E-state index contributed by atoms with van der Waals surface area (Å²) < 4.78 is 28.8. The summed E-state index contributed by atoms with van der Waals surface area (Å²) in [6.07, 6.45) is 5.59. The van der Waals surface area contributed by atoms with Crippen molar-refractivity contribution in [1.29, 1.82) is 0 Å². The standard InChI is InChI=1S/C16H34N3O3P/c1-7-8-9-10-11-14-21-23(20,22-16(2,3)4)17-15-18(5)12-13-19(15)6/h7-14H2,1-6H3. The normalized spacial score (nSPS) is 18.4. The van der Waals surface area contributed by atoms with Gasteiger partial charge in [0.1, 0.15) is 0 Å². The smallest absolute Gasteiger partial charge is 0.344 e. The number of rotatable bonds is 9. The van der Waals surface area contributed by atoms with Gasteiger partial charge in [0.2, 0.25) is 5.96 Å². The van der Waals surface area contributed by atoms with E-state index >= 15 is 0 Å². The third-order valence-electron chi connectivity index (χ3n) is 3.56. The molecule has 0 aromatic rings. The van der Waals surface area contributed by atoms with E-state index in [0.717, 1.165) is 25.9 Å². The molecule has 7 heteroatoms. The van der Waals surface area contributed by atoms with Crippen molar-refractivity contribution < 1.29 is 13.6 Å². The fourth-order valence-electron chi connectivity index (χ4n) is 2.36. The predicted molar refractivity (Wildman–Crippen MR) is 95.9 cm³/mol. The van der Waals surface area contributed by atoms with E-state index in [9.17, 15) is 4.57 Å². The van der Waals surface area contributed by atoms with Crippen LogP contribution in [0.5, 0.6) is 0 Å². The molecular formula is C16H34N3O3P. The van der Waals surface area contributed by atoms with Crippen molar-refractivity contribution >= 4 is 13.7 Å². The van der Waals surface area contributed by atoms with E-state index < -0.39 is 13.3 Å². The first-order valence-corrected chi connectivity index (χ1v) is 10.1. The molecule has 0 aliphatic carbocycles. The second kappa shape index (κ2) is 9.05. The van der Waals surface area contributed by atoms with E-state index in [2.05, 4.69) is 11.7 Å². The first-order chi connectivity index (χ1) is 10.7. The predicted octanol–water partition coefficient (Wildman–Crippen LogP) is 4.13. The van der Waals surface area contributed by atoms with E-state index in [1.165, 1.54) is 19.3 Å². The van der Waals surface area contributed by atoms with Gasteiger partial charge in [0.25, 0.3) is 0 Å². The molecule has 1 aliphatic rings.